The molecule has 0 saturated heterocycles. The Kier molecular flexibility index (Phi) is 8.74. The van der Waals surface area contributed by atoms with Crippen LogP contribution < -0.4 is 4.74 Å². The van der Waals surface area contributed by atoms with Crippen LogP contribution in [0.5, 0.6) is 5.75 Å². The molecule has 0 N–H and O–H groups in total. The second-order valence-electron chi connectivity index (χ2n) is 9.12. The summed E-state index contributed by atoms with van der Waals surface area (Å²) in [5.74, 6) is -3.94. The first-order valence-corrected chi connectivity index (χ1v) is 12.4. The van der Waals surface area contributed by atoms with E-state index in [-0.39, 0.29) is 24.2 Å². The summed E-state index contributed by atoms with van der Waals surface area (Å²) < 4.78 is 71.7. The predicted octanol–water partition coefficient (Wildman–Crippen LogP) is 8.17. The van der Waals surface area contributed by atoms with E-state index in [4.69, 9.17) is 0 Å². The van der Waals surface area contributed by atoms with Crippen LogP contribution in [0.15, 0.2) is 60.8 Å². The maximum Gasteiger partial charge on any atom is 0.387 e. The number of fused-ring (bicyclic) bond motifs is 1. The summed E-state index contributed by atoms with van der Waals surface area (Å²) in [7, 11) is 0. The Morgan fingerprint density at radius 3 is 2.16 bits per heavy atom. The number of unbranched alkanes of at least 4 members (excludes halogenated alkanes) is 1. The molecule has 2 nitrogen and oxygen atoms in total. The van der Waals surface area contributed by atoms with Crippen molar-refractivity contribution in [3.05, 3.63) is 106 Å². The van der Waals surface area contributed by atoms with Gasteiger partial charge in [0.15, 0.2) is 17.4 Å². The molecule has 3 aromatic carbocycles. The van der Waals surface area contributed by atoms with Gasteiger partial charge in [-0.2, -0.15) is 8.78 Å². The molecule has 0 bridgehead atoms. The van der Waals surface area contributed by atoms with Crippen molar-refractivity contribution >= 4 is 10.8 Å². The Hall–Kier alpha value is -3.48. The number of ether oxygens (including phenoxy) is 1. The van der Waals surface area contributed by atoms with Crippen molar-refractivity contribution < 1.29 is 26.7 Å². The zero-order chi connectivity index (χ0) is 26.4. The SMILES string of the molecule is CCCCc1ccc(CCc2ccc3c(F)c(CCc4cc(F)c(OC(F)F)c(F)c4)ccc3c2)nc1. The van der Waals surface area contributed by atoms with Crippen molar-refractivity contribution in [2.75, 3.05) is 0 Å². The fourth-order valence-electron chi connectivity index (χ4n) is 4.38. The molecule has 0 spiro atoms. The normalized spacial score (nSPS) is 11.4. The smallest absolute Gasteiger partial charge is 0.387 e. The monoisotopic (exact) mass is 513 g/mol. The quantitative estimate of drug-likeness (QED) is 0.189. The lowest BCUT2D eigenvalue weighted by Crippen LogP contribution is -2.06. The highest BCUT2D eigenvalue weighted by Gasteiger charge is 2.17. The molecular weight excluding hydrogens is 485 g/mol. The predicted molar refractivity (Wildman–Crippen MR) is 135 cm³/mol. The molecule has 0 amide bonds. The van der Waals surface area contributed by atoms with Crippen molar-refractivity contribution in [2.45, 2.75) is 58.5 Å². The highest BCUT2D eigenvalue weighted by atomic mass is 19.3. The molecule has 37 heavy (non-hydrogen) atoms. The third kappa shape index (κ3) is 6.85. The molecule has 0 aliphatic heterocycles. The van der Waals surface area contributed by atoms with Crippen LogP contribution in [0.1, 0.15) is 47.7 Å². The van der Waals surface area contributed by atoms with Crippen molar-refractivity contribution in [2.24, 2.45) is 0 Å². The molecule has 1 heterocycles. The van der Waals surface area contributed by atoms with E-state index in [9.17, 15) is 17.6 Å². The first-order chi connectivity index (χ1) is 17.8. The number of benzene rings is 3. The lowest BCUT2D eigenvalue weighted by Gasteiger charge is -2.11. The van der Waals surface area contributed by atoms with Gasteiger partial charge in [-0.15, -0.1) is 0 Å². The summed E-state index contributed by atoms with van der Waals surface area (Å²) in [6.07, 6.45) is 7.18. The molecule has 194 valence electrons. The van der Waals surface area contributed by atoms with Crippen LogP contribution in [0.25, 0.3) is 10.8 Å². The number of hydrogen-bond donors (Lipinski definition) is 0. The van der Waals surface area contributed by atoms with Crippen molar-refractivity contribution in [1.82, 2.24) is 4.98 Å². The topological polar surface area (TPSA) is 22.1 Å². The summed E-state index contributed by atoms with van der Waals surface area (Å²) in [6.45, 7) is -1.17. The maximum absolute atomic E-state index is 15.2. The number of hydrogen-bond acceptors (Lipinski definition) is 2. The van der Waals surface area contributed by atoms with Crippen LogP contribution >= 0.6 is 0 Å². The van der Waals surface area contributed by atoms with Crippen LogP contribution in [0.2, 0.25) is 0 Å². The fourth-order valence-corrected chi connectivity index (χ4v) is 4.38. The van der Waals surface area contributed by atoms with E-state index >= 15 is 4.39 Å². The first kappa shape index (κ1) is 26.6. The van der Waals surface area contributed by atoms with Crippen LogP contribution in [-0.4, -0.2) is 11.6 Å². The van der Waals surface area contributed by atoms with E-state index in [1.165, 1.54) is 5.56 Å². The Morgan fingerprint density at radius 1 is 0.757 bits per heavy atom. The fraction of sp³-hybridized carbons (Fsp3) is 0.300. The second kappa shape index (κ2) is 12.2. The molecule has 0 aliphatic carbocycles. The van der Waals surface area contributed by atoms with E-state index in [1.807, 2.05) is 24.4 Å². The van der Waals surface area contributed by atoms with Gasteiger partial charge in [-0.25, -0.2) is 13.2 Å². The van der Waals surface area contributed by atoms with E-state index in [2.05, 4.69) is 28.8 Å². The highest BCUT2D eigenvalue weighted by molar-refractivity contribution is 5.84. The van der Waals surface area contributed by atoms with Crippen LogP contribution in [0.4, 0.5) is 22.0 Å². The zero-order valence-corrected chi connectivity index (χ0v) is 20.5. The van der Waals surface area contributed by atoms with Gasteiger partial charge in [-0.05, 0) is 84.4 Å². The molecule has 1 aromatic heterocycles. The van der Waals surface area contributed by atoms with Gasteiger partial charge in [0.2, 0.25) is 0 Å². The lowest BCUT2D eigenvalue weighted by molar-refractivity contribution is -0.0546. The summed E-state index contributed by atoms with van der Waals surface area (Å²) in [5, 5.41) is 1.24. The molecule has 0 fully saturated rings. The minimum Gasteiger partial charge on any atom is -0.429 e. The number of halogens is 5. The first-order valence-electron chi connectivity index (χ1n) is 12.4. The van der Waals surface area contributed by atoms with Gasteiger partial charge in [0.25, 0.3) is 0 Å². The van der Waals surface area contributed by atoms with Gasteiger partial charge in [0.05, 0.1) is 0 Å². The van der Waals surface area contributed by atoms with E-state index < -0.39 is 24.0 Å². The minimum absolute atomic E-state index is 0.132. The Balaban J connectivity index is 1.41. The largest absolute Gasteiger partial charge is 0.429 e. The second-order valence-corrected chi connectivity index (χ2v) is 9.12. The molecule has 4 aromatic rings. The van der Waals surface area contributed by atoms with Gasteiger partial charge >= 0.3 is 6.61 Å². The summed E-state index contributed by atoms with van der Waals surface area (Å²) in [6, 6.07) is 15.2. The summed E-state index contributed by atoms with van der Waals surface area (Å²) in [4.78, 5) is 4.56. The zero-order valence-electron chi connectivity index (χ0n) is 20.5. The number of rotatable bonds is 11. The molecule has 7 heteroatoms. The van der Waals surface area contributed by atoms with Crippen molar-refractivity contribution in [3.63, 3.8) is 0 Å². The summed E-state index contributed by atoms with van der Waals surface area (Å²) >= 11 is 0. The van der Waals surface area contributed by atoms with Crippen molar-refractivity contribution in [3.8, 4) is 5.75 Å². The van der Waals surface area contributed by atoms with Crippen molar-refractivity contribution in [1.29, 1.82) is 0 Å². The van der Waals surface area contributed by atoms with E-state index in [0.717, 1.165) is 60.9 Å². The maximum atomic E-state index is 15.2. The van der Waals surface area contributed by atoms with Gasteiger partial charge in [0, 0.05) is 17.3 Å². The molecule has 4 rings (SSSR count). The Bertz CT molecular complexity index is 1330. The number of alkyl halides is 2. The third-order valence-corrected chi connectivity index (χ3v) is 6.42. The minimum atomic E-state index is -3.33. The average Bonchev–Trinajstić information content (AvgIpc) is 2.88. The standard InChI is InChI=1S/C30H28F5NO/c1-2-3-4-20-7-13-24(36-18-20)12-6-19-8-14-25-23(15-19)11-10-22(28(25)33)9-5-21-16-26(31)29(27(32)17-21)37-30(34)35/h7-8,10-11,13-18,30H,2-6,9,12H2,1H3. The Labute approximate surface area is 213 Å². The van der Waals surface area contributed by atoms with Gasteiger partial charge in [0.1, 0.15) is 5.82 Å². The molecule has 0 atom stereocenters. The van der Waals surface area contributed by atoms with Crippen LogP contribution in [0.3, 0.4) is 0 Å². The van der Waals surface area contributed by atoms with Gasteiger partial charge in [-0.3, -0.25) is 4.98 Å². The van der Waals surface area contributed by atoms with Gasteiger partial charge < -0.3 is 4.74 Å². The number of aromatic nitrogens is 1. The lowest BCUT2D eigenvalue weighted by atomic mass is 9.97. The molecular formula is C30H28F5NO. The molecule has 0 radical (unpaired) electrons. The number of pyridine rings is 1. The van der Waals surface area contributed by atoms with E-state index in [0.29, 0.717) is 10.9 Å². The van der Waals surface area contributed by atoms with Crippen LogP contribution in [0, 0.1) is 17.5 Å². The number of aryl methyl sites for hydroxylation is 5. The summed E-state index contributed by atoms with van der Waals surface area (Å²) in [5.41, 5.74) is 3.97. The Morgan fingerprint density at radius 2 is 1.49 bits per heavy atom. The molecule has 0 aliphatic rings. The number of nitrogens with zero attached hydrogens (tertiary/aromatic N) is 1. The average molecular weight is 514 g/mol. The molecule has 0 saturated carbocycles. The third-order valence-electron chi connectivity index (χ3n) is 6.42. The molecule has 0 unspecified atom stereocenters. The van der Waals surface area contributed by atoms with E-state index in [1.54, 1.807) is 12.1 Å². The van der Waals surface area contributed by atoms with Crippen LogP contribution in [-0.2, 0) is 32.1 Å². The van der Waals surface area contributed by atoms with Gasteiger partial charge in [-0.1, -0.05) is 49.7 Å². The highest BCUT2D eigenvalue weighted by Crippen LogP contribution is 2.27.